The fourth-order valence-electron chi connectivity index (χ4n) is 1.55. The third-order valence-electron chi connectivity index (χ3n) is 2.53. The Hall–Kier alpha value is -1.42. The van der Waals surface area contributed by atoms with Crippen molar-refractivity contribution in [3.63, 3.8) is 0 Å². The first-order chi connectivity index (χ1) is 7.43. The number of allylic oxidation sites excluding steroid dienone is 3. The van der Waals surface area contributed by atoms with Gasteiger partial charge in [0.05, 0.1) is 5.70 Å². The van der Waals surface area contributed by atoms with Crippen LogP contribution in [-0.4, -0.2) is 43.7 Å². The average Bonchev–Trinajstić information content (AvgIpc) is 2.19. The van der Waals surface area contributed by atoms with E-state index < -0.39 is 0 Å². The van der Waals surface area contributed by atoms with E-state index in [1.54, 1.807) is 13.8 Å². The van der Waals surface area contributed by atoms with Crippen molar-refractivity contribution in [2.24, 2.45) is 0 Å². The molecule has 0 aromatic carbocycles. The number of ketones is 2. The molecule has 0 fully saturated rings. The maximum Gasteiger partial charge on any atom is 0.202 e. The summed E-state index contributed by atoms with van der Waals surface area (Å²) in [6.07, 6.45) is 1.40. The zero-order valence-corrected chi connectivity index (χ0v) is 10.3. The van der Waals surface area contributed by atoms with E-state index in [0.717, 1.165) is 6.54 Å². The third-order valence-corrected chi connectivity index (χ3v) is 2.53. The van der Waals surface area contributed by atoms with Crippen molar-refractivity contribution in [3.8, 4) is 0 Å². The first-order valence-electron chi connectivity index (χ1n) is 5.30. The van der Waals surface area contributed by atoms with E-state index in [4.69, 9.17) is 0 Å². The molecule has 4 nitrogen and oxygen atoms in total. The zero-order valence-electron chi connectivity index (χ0n) is 10.3. The van der Waals surface area contributed by atoms with Crippen LogP contribution in [0.3, 0.4) is 0 Å². The van der Waals surface area contributed by atoms with E-state index in [-0.39, 0.29) is 11.6 Å². The highest BCUT2D eigenvalue weighted by molar-refractivity contribution is 6.21. The molecule has 88 valence electrons. The molecule has 1 rings (SSSR count). The van der Waals surface area contributed by atoms with Crippen LogP contribution in [0.4, 0.5) is 0 Å². The standard InChI is InChI=1S/C12H18N2O2/c1-8-7-10(15)11(9(2)12(8)16)13-5-6-14(3)4/h7,13H,5-6H2,1-4H3. The molecule has 16 heavy (non-hydrogen) atoms. The van der Waals surface area contributed by atoms with Crippen molar-refractivity contribution in [3.05, 3.63) is 22.9 Å². The summed E-state index contributed by atoms with van der Waals surface area (Å²) in [5.41, 5.74) is 1.47. The van der Waals surface area contributed by atoms with Crippen LogP contribution >= 0.6 is 0 Å². The Balaban J connectivity index is 2.72. The highest BCUT2D eigenvalue weighted by Crippen LogP contribution is 2.16. The Morgan fingerprint density at radius 3 is 2.44 bits per heavy atom. The lowest BCUT2D eigenvalue weighted by atomic mass is 9.95. The third kappa shape index (κ3) is 2.79. The Kier molecular flexibility index (Phi) is 4.01. The maximum atomic E-state index is 11.7. The van der Waals surface area contributed by atoms with Crippen LogP contribution in [0.5, 0.6) is 0 Å². The fraction of sp³-hybridized carbons (Fsp3) is 0.500. The Morgan fingerprint density at radius 2 is 1.88 bits per heavy atom. The Morgan fingerprint density at radius 1 is 1.25 bits per heavy atom. The van der Waals surface area contributed by atoms with Gasteiger partial charge in [-0.1, -0.05) is 0 Å². The second-order valence-corrected chi connectivity index (χ2v) is 4.25. The molecule has 0 heterocycles. The molecule has 1 N–H and O–H groups in total. The molecule has 0 aromatic heterocycles. The van der Waals surface area contributed by atoms with Gasteiger partial charge < -0.3 is 10.2 Å². The van der Waals surface area contributed by atoms with Crippen molar-refractivity contribution in [1.29, 1.82) is 0 Å². The van der Waals surface area contributed by atoms with Crippen LogP contribution in [0, 0.1) is 0 Å². The zero-order chi connectivity index (χ0) is 12.3. The molecule has 0 bridgehead atoms. The number of carbonyl (C=O) groups excluding carboxylic acids is 2. The first-order valence-corrected chi connectivity index (χ1v) is 5.30. The van der Waals surface area contributed by atoms with Gasteiger partial charge in [0, 0.05) is 24.2 Å². The predicted molar refractivity (Wildman–Crippen MR) is 63.0 cm³/mol. The van der Waals surface area contributed by atoms with E-state index in [0.29, 0.717) is 23.4 Å². The van der Waals surface area contributed by atoms with Crippen molar-refractivity contribution in [2.45, 2.75) is 13.8 Å². The van der Waals surface area contributed by atoms with Crippen molar-refractivity contribution < 1.29 is 9.59 Å². The maximum absolute atomic E-state index is 11.7. The number of hydrogen-bond acceptors (Lipinski definition) is 4. The number of Topliss-reactive ketones (excluding diaryl/α,β-unsaturated/α-hetero) is 1. The number of carbonyl (C=O) groups is 2. The van der Waals surface area contributed by atoms with Gasteiger partial charge in [-0.25, -0.2) is 0 Å². The molecule has 0 aliphatic heterocycles. The van der Waals surface area contributed by atoms with Gasteiger partial charge in [0.25, 0.3) is 0 Å². The van der Waals surface area contributed by atoms with E-state index in [1.165, 1.54) is 6.08 Å². The highest BCUT2D eigenvalue weighted by atomic mass is 16.1. The van der Waals surface area contributed by atoms with Gasteiger partial charge in [0.1, 0.15) is 0 Å². The van der Waals surface area contributed by atoms with Crippen LogP contribution in [0.2, 0.25) is 0 Å². The molecule has 0 radical (unpaired) electrons. The minimum atomic E-state index is -0.103. The van der Waals surface area contributed by atoms with Gasteiger partial charge in [0.2, 0.25) is 5.78 Å². The molecule has 0 spiro atoms. The quantitative estimate of drug-likeness (QED) is 0.704. The highest BCUT2D eigenvalue weighted by Gasteiger charge is 2.22. The monoisotopic (exact) mass is 222 g/mol. The molecule has 1 aliphatic rings. The second-order valence-electron chi connectivity index (χ2n) is 4.25. The molecule has 0 saturated carbocycles. The normalized spacial score (nSPS) is 16.9. The van der Waals surface area contributed by atoms with E-state index in [9.17, 15) is 9.59 Å². The summed E-state index contributed by atoms with van der Waals surface area (Å²) >= 11 is 0. The largest absolute Gasteiger partial charge is 0.380 e. The molecule has 0 aromatic rings. The first kappa shape index (κ1) is 12.6. The minimum absolute atomic E-state index is 0.0491. The molecular weight excluding hydrogens is 204 g/mol. The summed E-state index contributed by atoms with van der Waals surface area (Å²) in [5, 5.41) is 3.03. The van der Waals surface area contributed by atoms with Crippen molar-refractivity contribution in [1.82, 2.24) is 10.2 Å². The second kappa shape index (κ2) is 5.07. The fourth-order valence-corrected chi connectivity index (χ4v) is 1.55. The molecule has 4 heteroatoms. The number of likely N-dealkylation sites (N-methyl/N-ethyl adjacent to an activating group) is 1. The van der Waals surface area contributed by atoms with Crippen LogP contribution in [-0.2, 0) is 9.59 Å². The van der Waals surface area contributed by atoms with Crippen molar-refractivity contribution >= 4 is 11.6 Å². The topological polar surface area (TPSA) is 49.4 Å². The lowest BCUT2D eigenvalue weighted by Crippen LogP contribution is -2.32. The number of rotatable bonds is 4. The molecule has 0 atom stereocenters. The predicted octanol–water partition coefficient (Wildman–Crippen LogP) is 0.510. The van der Waals surface area contributed by atoms with Gasteiger partial charge in [-0.3, -0.25) is 9.59 Å². The summed E-state index contributed by atoms with van der Waals surface area (Å²) in [6.45, 7) is 4.83. The van der Waals surface area contributed by atoms with Crippen LogP contribution in [0.25, 0.3) is 0 Å². The minimum Gasteiger partial charge on any atom is -0.380 e. The average molecular weight is 222 g/mol. The lowest BCUT2D eigenvalue weighted by Gasteiger charge is -2.17. The molecule has 1 aliphatic carbocycles. The molecular formula is C12H18N2O2. The summed E-state index contributed by atoms with van der Waals surface area (Å²) in [5.74, 6) is -0.152. The Labute approximate surface area is 96.0 Å². The lowest BCUT2D eigenvalue weighted by molar-refractivity contribution is -0.116. The molecule has 0 saturated heterocycles. The number of nitrogens with one attached hydrogen (secondary N) is 1. The molecule has 0 unspecified atom stereocenters. The van der Waals surface area contributed by atoms with Gasteiger partial charge in [-0.05, 0) is 34.0 Å². The van der Waals surface area contributed by atoms with E-state index in [2.05, 4.69) is 5.32 Å². The summed E-state index contributed by atoms with van der Waals surface area (Å²) < 4.78 is 0. The SMILES string of the molecule is CC1=CC(=O)C(NCCN(C)C)=C(C)C1=O. The smallest absolute Gasteiger partial charge is 0.202 e. The van der Waals surface area contributed by atoms with Crippen LogP contribution in [0.1, 0.15) is 13.8 Å². The summed E-state index contributed by atoms with van der Waals surface area (Å²) in [4.78, 5) is 25.3. The Bertz CT molecular complexity index is 378. The van der Waals surface area contributed by atoms with E-state index in [1.807, 2.05) is 19.0 Å². The van der Waals surface area contributed by atoms with E-state index >= 15 is 0 Å². The van der Waals surface area contributed by atoms with Gasteiger partial charge in [-0.15, -0.1) is 0 Å². The van der Waals surface area contributed by atoms with Gasteiger partial charge in [-0.2, -0.15) is 0 Å². The summed E-state index contributed by atoms with van der Waals surface area (Å²) in [7, 11) is 3.92. The van der Waals surface area contributed by atoms with Crippen molar-refractivity contribution in [2.75, 3.05) is 27.2 Å². The number of hydrogen-bond donors (Lipinski definition) is 1. The molecule has 0 amide bonds. The van der Waals surface area contributed by atoms with Crippen LogP contribution in [0.15, 0.2) is 22.9 Å². The van der Waals surface area contributed by atoms with Gasteiger partial charge in [0.15, 0.2) is 5.78 Å². The van der Waals surface area contributed by atoms with Gasteiger partial charge >= 0.3 is 0 Å². The number of nitrogens with zero attached hydrogens (tertiary/aromatic N) is 1. The summed E-state index contributed by atoms with van der Waals surface area (Å²) in [6, 6.07) is 0. The van der Waals surface area contributed by atoms with Crippen LogP contribution < -0.4 is 5.32 Å².